The normalized spacial score (nSPS) is 11.0. The number of nitrogens with one attached hydrogen (secondary N) is 1. The molecule has 0 spiro atoms. The minimum Gasteiger partial charge on any atom is -0.323 e. The second kappa shape index (κ2) is 7.23. The number of imidazole rings is 1. The second-order valence-corrected chi connectivity index (χ2v) is 6.47. The Morgan fingerprint density at radius 3 is 2.92 bits per heavy atom. The van der Waals surface area contributed by atoms with Gasteiger partial charge in [0.1, 0.15) is 5.82 Å². The molecule has 0 fully saturated rings. The maximum absolute atomic E-state index is 13.7. The van der Waals surface area contributed by atoms with Crippen LogP contribution in [-0.2, 0) is 11.3 Å². The van der Waals surface area contributed by atoms with Crippen molar-refractivity contribution in [3.8, 4) is 0 Å². The largest absolute Gasteiger partial charge is 0.323 e. The summed E-state index contributed by atoms with van der Waals surface area (Å²) in [6.45, 7) is 2.78. The van der Waals surface area contributed by atoms with Crippen molar-refractivity contribution in [3.63, 3.8) is 0 Å². The Morgan fingerprint density at radius 1 is 1.33 bits per heavy atom. The van der Waals surface area contributed by atoms with Crippen molar-refractivity contribution in [3.05, 3.63) is 53.3 Å². The molecule has 2 aromatic carbocycles. The van der Waals surface area contributed by atoms with Crippen molar-refractivity contribution in [2.75, 3.05) is 11.1 Å². The number of nitrogens with zero attached hydrogens (tertiary/aromatic N) is 2. The number of rotatable bonds is 5. The first kappa shape index (κ1) is 16.8. The molecular formula is C17H15ClFN3OS. The van der Waals surface area contributed by atoms with E-state index in [1.807, 2.05) is 35.8 Å². The molecule has 0 radical (unpaired) electrons. The lowest BCUT2D eigenvalue weighted by atomic mass is 10.3. The molecule has 0 bridgehead atoms. The Kier molecular flexibility index (Phi) is 5.06. The van der Waals surface area contributed by atoms with Crippen LogP contribution in [0.1, 0.15) is 6.92 Å². The first-order valence-corrected chi connectivity index (χ1v) is 8.78. The van der Waals surface area contributed by atoms with E-state index in [1.165, 1.54) is 30.0 Å². The Hall–Kier alpha value is -2.05. The molecule has 4 nitrogen and oxygen atoms in total. The lowest BCUT2D eigenvalue weighted by molar-refractivity contribution is -0.113. The third kappa shape index (κ3) is 3.55. The molecule has 1 N–H and O–H groups in total. The van der Waals surface area contributed by atoms with E-state index in [2.05, 4.69) is 10.3 Å². The fourth-order valence-electron chi connectivity index (χ4n) is 2.38. The maximum Gasteiger partial charge on any atom is 0.234 e. The van der Waals surface area contributed by atoms with Crippen molar-refractivity contribution in [1.29, 1.82) is 0 Å². The van der Waals surface area contributed by atoms with Gasteiger partial charge in [0.15, 0.2) is 5.16 Å². The van der Waals surface area contributed by atoms with Gasteiger partial charge in [0, 0.05) is 11.6 Å². The van der Waals surface area contributed by atoms with Gasteiger partial charge in [0.05, 0.1) is 22.5 Å². The molecule has 0 unspecified atom stereocenters. The average molecular weight is 364 g/mol. The number of para-hydroxylation sites is 2. The highest BCUT2D eigenvalue weighted by Gasteiger charge is 2.13. The van der Waals surface area contributed by atoms with Gasteiger partial charge in [-0.2, -0.15) is 0 Å². The summed E-state index contributed by atoms with van der Waals surface area (Å²) in [5.41, 5.74) is 2.00. The van der Waals surface area contributed by atoms with Crippen LogP contribution in [0.4, 0.5) is 10.1 Å². The molecule has 124 valence electrons. The molecule has 0 atom stereocenters. The molecule has 3 rings (SSSR count). The molecule has 1 heterocycles. The van der Waals surface area contributed by atoms with Crippen molar-refractivity contribution < 1.29 is 9.18 Å². The summed E-state index contributed by atoms with van der Waals surface area (Å²) < 4.78 is 15.7. The zero-order valence-electron chi connectivity index (χ0n) is 12.9. The predicted molar refractivity (Wildman–Crippen MR) is 96.2 cm³/mol. The molecule has 0 aliphatic carbocycles. The minimum atomic E-state index is -0.515. The van der Waals surface area contributed by atoms with Crippen molar-refractivity contribution in [2.45, 2.75) is 18.6 Å². The molecule has 1 amide bonds. The second-order valence-electron chi connectivity index (χ2n) is 5.09. The van der Waals surface area contributed by atoms with Crippen LogP contribution in [-0.4, -0.2) is 21.2 Å². The first-order chi connectivity index (χ1) is 11.6. The van der Waals surface area contributed by atoms with Crippen LogP contribution in [0.3, 0.4) is 0 Å². The summed E-state index contributed by atoms with van der Waals surface area (Å²) >= 11 is 7.14. The number of hydrogen-bond donors (Lipinski definition) is 1. The number of thioether (sulfide) groups is 1. The van der Waals surface area contributed by atoms with E-state index < -0.39 is 5.82 Å². The Balaban J connectivity index is 1.71. The van der Waals surface area contributed by atoms with E-state index >= 15 is 0 Å². The summed E-state index contributed by atoms with van der Waals surface area (Å²) in [5.74, 6) is -0.690. The van der Waals surface area contributed by atoms with Crippen LogP contribution >= 0.6 is 23.4 Å². The van der Waals surface area contributed by atoms with Gasteiger partial charge in [0.2, 0.25) is 5.91 Å². The van der Waals surface area contributed by atoms with Crippen molar-refractivity contribution >= 4 is 46.0 Å². The summed E-state index contributed by atoms with van der Waals surface area (Å²) in [4.78, 5) is 16.6. The van der Waals surface area contributed by atoms with Crippen LogP contribution in [0.2, 0.25) is 5.02 Å². The number of fused-ring (bicyclic) bond motifs is 1. The lowest BCUT2D eigenvalue weighted by Crippen LogP contribution is -2.15. The fourth-order valence-corrected chi connectivity index (χ4v) is 3.43. The van der Waals surface area contributed by atoms with E-state index in [9.17, 15) is 9.18 Å². The Morgan fingerprint density at radius 2 is 2.12 bits per heavy atom. The molecule has 7 heteroatoms. The van der Waals surface area contributed by atoms with Gasteiger partial charge in [-0.25, -0.2) is 9.37 Å². The molecule has 0 aliphatic rings. The van der Waals surface area contributed by atoms with Gasteiger partial charge in [-0.15, -0.1) is 0 Å². The zero-order valence-corrected chi connectivity index (χ0v) is 14.5. The van der Waals surface area contributed by atoms with E-state index in [-0.39, 0.29) is 17.3 Å². The summed E-state index contributed by atoms with van der Waals surface area (Å²) in [6.07, 6.45) is 0. The first-order valence-electron chi connectivity index (χ1n) is 7.41. The smallest absolute Gasteiger partial charge is 0.234 e. The topological polar surface area (TPSA) is 46.9 Å². The van der Waals surface area contributed by atoms with E-state index in [0.717, 1.165) is 22.7 Å². The highest BCUT2D eigenvalue weighted by atomic mass is 35.5. The van der Waals surface area contributed by atoms with Crippen molar-refractivity contribution in [2.24, 2.45) is 0 Å². The van der Waals surface area contributed by atoms with Crippen LogP contribution in [0, 0.1) is 5.82 Å². The molecule has 1 aromatic heterocycles. The molecular weight excluding hydrogens is 349 g/mol. The maximum atomic E-state index is 13.7. The standard InChI is InChI=1S/C17H15ClFN3OS/c1-2-22-15-6-4-3-5-13(15)21-17(22)24-10-16(23)20-14-9-11(18)7-8-12(14)19/h3-9H,2,10H2,1H3,(H,20,23). The molecule has 3 aromatic rings. The van der Waals surface area contributed by atoms with Gasteiger partial charge >= 0.3 is 0 Å². The van der Waals surface area contributed by atoms with E-state index in [4.69, 9.17) is 11.6 Å². The van der Waals surface area contributed by atoms with E-state index in [1.54, 1.807) is 0 Å². The number of aryl methyl sites for hydroxylation is 1. The number of amides is 1. The number of hydrogen-bond acceptors (Lipinski definition) is 3. The lowest BCUT2D eigenvalue weighted by Gasteiger charge is -2.08. The Bertz CT molecular complexity index is 897. The number of carbonyl (C=O) groups excluding carboxylic acids is 1. The number of anilines is 1. The van der Waals surface area contributed by atoms with Gasteiger partial charge in [-0.3, -0.25) is 4.79 Å². The van der Waals surface area contributed by atoms with Crippen molar-refractivity contribution in [1.82, 2.24) is 9.55 Å². The highest BCUT2D eigenvalue weighted by Crippen LogP contribution is 2.25. The van der Waals surface area contributed by atoms with Gasteiger partial charge in [-0.05, 0) is 37.3 Å². The quantitative estimate of drug-likeness (QED) is 0.675. The van der Waals surface area contributed by atoms with Crippen LogP contribution in [0.5, 0.6) is 0 Å². The molecule has 0 saturated carbocycles. The third-order valence-corrected chi connectivity index (χ3v) is 4.68. The number of aromatic nitrogens is 2. The monoisotopic (exact) mass is 363 g/mol. The highest BCUT2D eigenvalue weighted by molar-refractivity contribution is 7.99. The number of carbonyl (C=O) groups is 1. The fraction of sp³-hybridized carbons (Fsp3) is 0.176. The van der Waals surface area contributed by atoms with Crippen LogP contribution < -0.4 is 5.32 Å². The SMILES string of the molecule is CCn1c(SCC(=O)Nc2cc(Cl)ccc2F)nc2ccccc21. The van der Waals surface area contributed by atoms with Crippen LogP contribution in [0.25, 0.3) is 11.0 Å². The zero-order chi connectivity index (χ0) is 17.1. The molecule has 24 heavy (non-hydrogen) atoms. The molecule has 0 aliphatic heterocycles. The summed E-state index contributed by atoms with van der Waals surface area (Å²) in [7, 11) is 0. The summed E-state index contributed by atoms with van der Waals surface area (Å²) in [5, 5.41) is 3.67. The summed E-state index contributed by atoms with van der Waals surface area (Å²) in [6, 6.07) is 11.9. The van der Waals surface area contributed by atoms with Gasteiger partial charge < -0.3 is 9.88 Å². The molecule has 0 saturated heterocycles. The van der Waals surface area contributed by atoms with Gasteiger partial charge in [-0.1, -0.05) is 35.5 Å². The minimum absolute atomic E-state index is 0.0806. The Labute approximate surface area is 148 Å². The number of halogens is 2. The van der Waals surface area contributed by atoms with Gasteiger partial charge in [0.25, 0.3) is 0 Å². The third-order valence-electron chi connectivity index (χ3n) is 3.47. The average Bonchev–Trinajstić information content (AvgIpc) is 2.94. The predicted octanol–water partition coefficient (Wildman–Crippen LogP) is 4.58. The number of benzene rings is 2. The van der Waals surface area contributed by atoms with E-state index in [0.29, 0.717) is 5.02 Å². The van der Waals surface area contributed by atoms with Crippen LogP contribution in [0.15, 0.2) is 47.6 Å².